The number of benzene rings is 2. The molecule has 1 unspecified atom stereocenters. The highest BCUT2D eigenvalue weighted by atomic mass is 28.4. The van der Waals surface area contributed by atoms with Crippen LogP contribution in [0, 0.1) is 11.8 Å². The lowest BCUT2D eigenvalue weighted by molar-refractivity contribution is -0.141. The molecule has 2 fully saturated rings. The number of rotatable bonds is 11. The first-order valence-corrected chi connectivity index (χ1v) is 17.8. The summed E-state index contributed by atoms with van der Waals surface area (Å²) >= 11 is 0. The van der Waals surface area contributed by atoms with Crippen LogP contribution in [0.25, 0.3) is 11.1 Å². The Kier molecular flexibility index (Phi) is 9.73. The van der Waals surface area contributed by atoms with Gasteiger partial charge in [-0.15, -0.1) is 0 Å². The van der Waals surface area contributed by atoms with Crippen molar-refractivity contribution in [1.29, 1.82) is 0 Å². The Morgan fingerprint density at radius 3 is 2.38 bits per heavy atom. The van der Waals surface area contributed by atoms with E-state index in [1.807, 2.05) is 54.6 Å². The molecule has 0 N–H and O–H groups in total. The molecule has 1 saturated heterocycles. The fraction of sp³-hybridized carbons (Fsp3) is 0.529. The van der Waals surface area contributed by atoms with Crippen molar-refractivity contribution < 1.29 is 23.5 Å². The van der Waals surface area contributed by atoms with Gasteiger partial charge in [-0.3, -0.25) is 4.79 Å². The second-order valence-electron chi connectivity index (χ2n) is 12.9. The van der Waals surface area contributed by atoms with Crippen molar-refractivity contribution in [2.24, 2.45) is 11.8 Å². The minimum absolute atomic E-state index is 0.00592. The van der Waals surface area contributed by atoms with Crippen LogP contribution in [-0.4, -0.2) is 38.6 Å². The Labute approximate surface area is 241 Å². The monoisotopic (exact) mass is 562 g/mol. The van der Waals surface area contributed by atoms with Crippen LogP contribution in [-0.2, 0) is 18.7 Å². The molecule has 216 valence electrons. The third-order valence-electron chi connectivity index (χ3n) is 8.93. The highest BCUT2D eigenvalue weighted by Crippen LogP contribution is 2.44. The molecule has 0 bridgehead atoms. The Morgan fingerprint density at radius 2 is 1.73 bits per heavy atom. The summed E-state index contributed by atoms with van der Waals surface area (Å²) in [6.07, 6.45) is 9.09. The van der Waals surface area contributed by atoms with Crippen LogP contribution < -0.4 is 0 Å². The molecule has 2 aliphatic rings. The molecular weight excluding hydrogens is 516 g/mol. The van der Waals surface area contributed by atoms with Crippen molar-refractivity contribution >= 4 is 20.3 Å². The summed E-state index contributed by atoms with van der Waals surface area (Å²) in [5.74, 6) is -0.565. The molecule has 5 atom stereocenters. The molecule has 5 nitrogen and oxygen atoms in total. The third kappa shape index (κ3) is 7.32. The van der Waals surface area contributed by atoms with E-state index in [9.17, 15) is 9.59 Å². The van der Waals surface area contributed by atoms with Gasteiger partial charge in [0.25, 0.3) is 0 Å². The van der Waals surface area contributed by atoms with Crippen LogP contribution in [0.15, 0.2) is 66.7 Å². The van der Waals surface area contributed by atoms with E-state index in [0.717, 1.165) is 30.4 Å². The molecule has 0 aromatic heterocycles. The molecule has 1 aliphatic heterocycles. The highest BCUT2D eigenvalue weighted by Gasteiger charge is 2.51. The molecule has 40 heavy (non-hydrogen) atoms. The first kappa shape index (κ1) is 30.3. The highest BCUT2D eigenvalue weighted by molar-refractivity contribution is 6.74. The van der Waals surface area contributed by atoms with E-state index in [0.29, 0.717) is 18.4 Å². The Balaban J connectivity index is 1.50. The summed E-state index contributed by atoms with van der Waals surface area (Å²) < 4.78 is 18.5. The summed E-state index contributed by atoms with van der Waals surface area (Å²) in [5, 5.41) is 0.113. The smallest absolute Gasteiger partial charge is 0.338 e. The lowest BCUT2D eigenvalue weighted by atomic mass is 9.91. The lowest BCUT2D eigenvalue weighted by Gasteiger charge is -2.39. The quantitative estimate of drug-likeness (QED) is 0.119. The van der Waals surface area contributed by atoms with E-state index >= 15 is 0 Å². The summed E-state index contributed by atoms with van der Waals surface area (Å²) in [4.78, 5) is 25.4. The van der Waals surface area contributed by atoms with Gasteiger partial charge >= 0.3 is 11.9 Å². The predicted molar refractivity (Wildman–Crippen MR) is 163 cm³/mol. The molecule has 6 heteroatoms. The van der Waals surface area contributed by atoms with Crippen LogP contribution in [0.1, 0.15) is 76.6 Å². The minimum atomic E-state index is -1.97. The number of carbonyl (C=O) groups excluding carboxylic acids is 2. The molecule has 1 aliphatic carbocycles. The number of ether oxygens (including phenoxy) is 2. The van der Waals surface area contributed by atoms with Gasteiger partial charge in [-0.25, -0.2) is 4.79 Å². The number of hydrogen-bond donors (Lipinski definition) is 0. The maximum Gasteiger partial charge on any atom is 0.338 e. The van der Waals surface area contributed by atoms with E-state index < -0.39 is 8.32 Å². The lowest BCUT2D eigenvalue weighted by Crippen LogP contribution is -2.43. The fourth-order valence-corrected chi connectivity index (χ4v) is 6.83. The van der Waals surface area contributed by atoms with Gasteiger partial charge in [-0.05, 0) is 47.8 Å². The zero-order valence-electron chi connectivity index (χ0n) is 25.0. The molecule has 4 rings (SSSR count). The van der Waals surface area contributed by atoms with Crippen molar-refractivity contribution in [3.05, 3.63) is 72.3 Å². The topological polar surface area (TPSA) is 61.8 Å². The van der Waals surface area contributed by atoms with E-state index in [-0.39, 0.29) is 47.1 Å². The van der Waals surface area contributed by atoms with Crippen LogP contribution in [0.5, 0.6) is 0 Å². The van der Waals surface area contributed by atoms with Crippen molar-refractivity contribution in [3.63, 3.8) is 0 Å². The van der Waals surface area contributed by atoms with E-state index in [1.54, 1.807) is 0 Å². The van der Waals surface area contributed by atoms with Crippen molar-refractivity contribution in [3.8, 4) is 11.1 Å². The number of fused-ring (bicyclic) bond motifs is 1. The first-order valence-electron chi connectivity index (χ1n) is 14.9. The molecule has 0 amide bonds. The number of hydrogen-bond acceptors (Lipinski definition) is 5. The summed E-state index contributed by atoms with van der Waals surface area (Å²) in [5.41, 5.74) is 2.68. The maximum absolute atomic E-state index is 13.2. The van der Waals surface area contributed by atoms with Crippen LogP contribution in [0.2, 0.25) is 18.1 Å². The van der Waals surface area contributed by atoms with Gasteiger partial charge < -0.3 is 13.9 Å². The van der Waals surface area contributed by atoms with Crippen molar-refractivity contribution in [1.82, 2.24) is 0 Å². The van der Waals surface area contributed by atoms with Gasteiger partial charge in [0.2, 0.25) is 0 Å². The number of carbonyl (C=O) groups is 2. The Bertz CT molecular complexity index is 1170. The van der Waals surface area contributed by atoms with E-state index in [4.69, 9.17) is 13.9 Å². The van der Waals surface area contributed by atoms with Crippen LogP contribution in [0.4, 0.5) is 0 Å². The summed E-state index contributed by atoms with van der Waals surface area (Å²) in [7, 11) is -1.97. The SMILES string of the molecule is CCCCCC(C=C[C@@H]1[C@H]2CC(=O)O[C@H]2C[C@H]1OC(=O)c1ccc(-c2ccccc2)cc1)O[Si](C)(C)C(C)(C)C. The number of unbranched alkanes of at least 4 members (excludes halogenated alkanes) is 2. The maximum atomic E-state index is 13.2. The van der Waals surface area contributed by atoms with Gasteiger partial charge in [0, 0.05) is 18.3 Å². The minimum Gasteiger partial charge on any atom is -0.462 e. The average Bonchev–Trinajstić information content (AvgIpc) is 3.42. The van der Waals surface area contributed by atoms with Gasteiger partial charge in [0.15, 0.2) is 8.32 Å². The third-order valence-corrected chi connectivity index (χ3v) is 13.4. The van der Waals surface area contributed by atoms with E-state index in [2.05, 4.69) is 52.9 Å². The Morgan fingerprint density at radius 1 is 1.05 bits per heavy atom. The van der Waals surface area contributed by atoms with Gasteiger partial charge in [0.05, 0.1) is 18.1 Å². The molecule has 1 heterocycles. The average molecular weight is 563 g/mol. The van der Waals surface area contributed by atoms with Crippen LogP contribution in [0.3, 0.4) is 0 Å². The van der Waals surface area contributed by atoms with E-state index in [1.165, 1.54) is 6.42 Å². The second kappa shape index (κ2) is 12.9. The Hall–Kier alpha value is -2.70. The number of esters is 2. The molecule has 0 radical (unpaired) electrons. The standard InChI is InChI=1S/C34H46O5Si/c1-7-8-10-15-27(39-40(5,6)34(2,3)4)20-21-28-29-22-32(35)37-31(29)23-30(28)38-33(36)26-18-16-25(17-19-26)24-13-11-9-12-14-24/h9,11-14,16-21,27-31H,7-8,10,15,22-23H2,1-6H3/t27?,28-,29-,30-,31+/m1/s1. The largest absolute Gasteiger partial charge is 0.462 e. The summed E-state index contributed by atoms with van der Waals surface area (Å²) in [6.45, 7) is 13.6. The van der Waals surface area contributed by atoms with Crippen LogP contribution >= 0.6 is 0 Å². The van der Waals surface area contributed by atoms with Crippen molar-refractivity contribution in [2.75, 3.05) is 0 Å². The van der Waals surface area contributed by atoms with Gasteiger partial charge in [-0.1, -0.05) is 102 Å². The second-order valence-corrected chi connectivity index (χ2v) is 17.7. The zero-order valence-corrected chi connectivity index (χ0v) is 26.0. The molecular formula is C34H46O5Si. The first-order chi connectivity index (χ1) is 19.0. The van der Waals surface area contributed by atoms with Crippen molar-refractivity contribution in [2.45, 2.75) is 103 Å². The normalized spacial score (nSPS) is 23.7. The summed E-state index contributed by atoms with van der Waals surface area (Å²) in [6, 6.07) is 17.6. The molecule has 2 aromatic rings. The predicted octanol–water partition coefficient (Wildman–Crippen LogP) is 8.36. The van der Waals surface area contributed by atoms with Gasteiger partial charge in [-0.2, -0.15) is 0 Å². The molecule has 1 saturated carbocycles. The molecule has 0 spiro atoms. The zero-order chi connectivity index (χ0) is 28.9. The fourth-order valence-electron chi connectivity index (χ4n) is 5.52. The molecule has 2 aromatic carbocycles. The van der Waals surface area contributed by atoms with Gasteiger partial charge in [0.1, 0.15) is 12.2 Å².